The molecule has 1 N–H and O–H groups in total. The lowest BCUT2D eigenvalue weighted by atomic mass is 9.68. The summed E-state index contributed by atoms with van der Waals surface area (Å²) in [6, 6.07) is 0. The highest BCUT2D eigenvalue weighted by Gasteiger charge is 2.49. The summed E-state index contributed by atoms with van der Waals surface area (Å²) >= 11 is 0. The van der Waals surface area contributed by atoms with Gasteiger partial charge in [-0.2, -0.15) is 0 Å². The molecule has 0 aromatic heterocycles. The summed E-state index contributed by atoms with van der Waals surface area (Å²) in [6.45, 7) is 14.3. The summed E-state index contributed by atoms with van der Waals surface area (Å²) in [5.41, 5.74) is -0.246. The molecule has 2 saturated heterocycles. The number of carboxylic acid groups (broad SMARTS) is 1. The molecule has 0 aliphatic carbocycles. The number of carboxylic acids is 1. The molecule has 156 valence electrons. The molecule has 2 fully saturated rings. The number of ether oxygens (including phenoxy) is 1. The van der Waals surface area contributed by atoms with E-state index in [4.69, 9.17) is 4.74 Å². The quantitative estimate of drug-likeness (QED) is 0.595. The average Bonchev–Trinajstić information content (AvgIpc) is 2.56. The second kappa shape index (κ2) is 7.70. The number of hydrogen-bond acceptors (Lipinski definition) is 5. The Balaban J connectivity index is 2.18. The molecule has 0 aromatic rings. The van der Waals surface area contributed by atoms with Crippen LogP contribution in [0.15, 0.2) is 0 Å². The van der Waals surface area contributed by atoms with Gasteiger partial charge in [0.2, 0.25) is 0 Å². The lowest BCUT2D eigenvalue weighted by molar-refractivity contribution is -0.175. The molecule has 2 aliphatic rings. The van der Waals surface area contributed by atoms with E-state index in [-0.39, 0.29) is 34.9 Å². The number of carbonyl (C=O) groups is 2. The summed E-state index contributed by atoms with van der Waals surface area (Å²) in [7, 11) is 4.14. The minimum atomic E-state index is -1.09. The maximum atomic E-state index is 13.0. The molecule has 6 nitrogen and oxygen atoms in total. The molecular formula is C21H38N2O4. The monoisotopic (exact) mass is 382 g/mol. The van der Waals surface area contributed by atoms with E-state index in [1.165, 1.54) is 0 Å². The van der Waals surface area contributed by atoms with Crippen LogP contribution in [0.2, 0.25) is 0 Å². The molecule has 0 radical (unpaired) electrons. The van der Waals surface area contributed by atoms with E-state index in [0.717, 1.165) is 19.5 Å². The van der Waals surface area contributed by atoms with Gasteiger partial charge < -0.3 is 19.6 Å². The normalized spacial score (nSPS) is 35.4. The zero-order chi connectivity index (χ0) is 20.7. The third-order valence-corrected chi connectivity index (χ3v) is 8.16. The number of carbonyl (C=O) groups excluding carboxylic acids is 1. The van der Waals surface area contributed by atoms with Crippen LogP contribution in [-0.4, -0.2) is 71.2 Å². The van der Waals surface area contributed by atoms with E-state index in [9.17, 15) is 14.7 Å². The number of esters is 1. The highest BCUT2D eigenvalue weighted by Crippen LogP contribution is 2.41. The standard InChI is InChI=1S/C21H38N2O4/c1-13-15(9-11-22(7)20(13,3)4)17(18(24)25)19(26)27-16-10-12-23(8)21(5,6)14(16)2/h13-17H,9-12H2,1-8H3,(H,24,25). The fourth-order valence-corrected chi connectivity index (χ4v) is 4.71. The first-order valence-electron chi connectivity index (χ1n) is 10.2. The fourth-order valence-electron chi connectivity index (χ4n) is 4.71. The van der Waals surface area contributed by atoms with Crippen molar-refractivity contribution in [3.8, 4) is 0 Å². The first kappa shape index (κ1) is 22.2. The van der Waals surface area contributed by atoms with Gasteiger partial charge in [-0.1, -0.05) is 13.8 Å². The molecule has 0 spiro atoms. The molecule has 5 unspecified atom stereocenters. The van der Waals surface area contributed by atoms with Crippen LogP contribution < -0.4 is 0 Å². The lowest BCUT2D eigenvalue weighted by Gasteiger charge is -2.50. The van der Waals surface area contributed by atoms with Crippen LogP contribution in [0, 0.1) is 23.7 Å². The molecular weight excluding hydrogens is 344 g/mol. The van der Waals surface area contributed by atoms with Crippen molar-refractivity contribution in [1.29, 1.82) is 0 Å². The number of piperidine rings is 2. The second-order valence-electron chi connectivity index (χ2n) is 9.76. The van der Waals surface area contributed by atoms with E-state index in [2.05, 4.69) is 65.4 Å². The highest BCUT2D eigenvalue weighted by molar-refractivity contribution is 5.94. The second-order valence-corrected chi connectivity index (χ2v) is 9.76. The summed E-state index contributed by atoms with van der Waals surface area (Å²) < 4.78 is 5.85. The van der Waals surface area contributed by atoms with Crippen molar-refractivity contribution < 1.29 is 19.4 Å². The first-order chi connectivity index (χ1) is 12.3. The lowest BCUT2D eigenvalue weighted by Crippen LogP contribution is -2.58. The van der Waals surface area contributed by atoms with Crippen LogP contribution in [0.25, 0.3) is 0 Å². The zero-order valence-corrected chi connectivity index (χ0v) is 18.3. The van der Waals surface area contributed by atoms with Crippen molar-refractivity contribution in [2.75, 3.05) is 27.2 Å². The van der Waals surface area contributed by atoms with E-state index >= 15 is 0 Å². The van der Waals surface area contributed by atoms with E-state index in [0.29, 0.717) is 6.42 Å². The van der Waals surface area contributed by atoms with Gasteiger partial charge in [-0.3, -0.25) is 9.59 Å². The Labute approximate surface area is 164 Å². The van der Waals surface area contributed by atoms with E-state index in [1.54, 1.807) is 0 Å². The third-order valence-electron chi connectivity index (χ3n) is 8.16. The van der Waals surface area contributed by atoms with Gasteiger partial charge in [-0.05, 0) is 73.0 Å². The highest BCUT2D eigenvalue weighted by atomic mass is 16.5. The van der Waals surface area contributed by atoms with Gasteiger partial charge in [0.05, 0.1) is 0 Å². The molecule has 0 amide bonds. The van der Waals surface area contributed by atoms with Gasteiger partial charge >= 0.3 is 11.9 Å². The number of rotatable bonds is 4. The third kappa shape index (κ3) is 4.02. The summed E-state index contributed by atoms with van der Waals surface area (Å²) in [5, 5.41) is 9.87. The Morgan fingerprint density at radius 2 is 1.44 bits per heavy atom. The summed E-state index contributed by atoms with van der Waals surface area (Å²) in [5.74, 6) is -2.70. The molecule has 0 aromatic carbocycles. The Kier molecular flexibility index (Phi) is 6.32. The number of nitrogens with zero attached hydrogens (tertiary/aromatic N) is 2. The predicted octanol–water partition coefficient (Wildman–Crippen LogP) is 2.72. The van der Waals surface area contributed by atoms with E-state index in [1.807, 2.05) is 0 Å². The maximum Gasteiger partial charge on any atom is 0.320 e. The van der Waals surface area contributed by atoms with Crippen LogP contribution >= 0.6 is 0 Å². The van der Waals surface area contributed by atoms with Crippen molar-refractivity contribution in [2.24, 2.45) is 23.7 Å². The molecule has 0 bridgehead atoms. The smallest absolute Gasteiger partial charge is 0.320 e. The SMILES string of the molecule is CC1C(OC(=O)C(C(=O)O)C2CCN(C)C(C)(C)C2C)CCN(C)C1(C)C. The van der Waals surface area contributed by atoms with Crippen molar-refractivity contribution in [2.45, 2.75) is 71.6 Å². The number of likely N-dealkylation sites (tertiary alicyclic amines) is 2. The van der Waals surface area contributed by atoms with Gasteiger partial charge in [0, 0.05) is 23.5 Å². The minimum absolute atomic E-state index is 0.0799. The van der Waals surface area contributed by atoms with Gasteiger partial charge in [-0.15, -0.1) is 0 Å². The van der Waals surface area contributed by atoms with Crippen LogP contribution in [0.1, 0.15) is 54.4 Å². The predicted molar refractivity (Wildman–Crippen MR) is 105 cm³/mol. The van der Waals surface area contributed by atoms with Crippen LogP contribution in [0.3, 0.4) is 0 Å². The number of hydrogen-bond donors (Lipinski definition) is 1. The summed E-state index contributed by atoms with van der Waals surface area (Å²) in [4.78, 5) is 29.6. The molecule has 2 rings (SSSR count). The van der Waals surface area contributed by atoms with Crippen molar-refractivity contribution in [3.63, 3.8) is 0 Å². The molecule has 5 atom stereocenters. The summed E-state index contributed by atoms with van der Waals surface area (Å²) in [6.07, 6.45) is 1.20. The van der Waals surface area contributed by atoms with Gasteiger partial charge in [0.1, 0.15) is 6.10 Å². The first-order valence-corrected chi connectivity index (χ1v) is 10.2. The zero-order valence-electron chi connectivity index (χ0n) is 18.3. The number of aliphatic carboxylic acids is 1. The molecule has 27 heavy (non-hydrogen) atoms. The molecule has 2 heterocycles. The average molecular weight is 383 g/mol. The Morgan fingerprint density at radius 3 is 1.96 bits per heavy atom. The van der Waals surface area contributed by atoms with Crippen molar-refractivity contribution in [3.05, 3.63) is 0 Å². The van der Waals surface area contributed by atoms with Crippen molar-refractivity contribution in [1.82, 2.24) is 9.80 Å². The minimum Gasteiger partial charge on any atom is -0.481 e. The Morgan fingerprint density at radius 1 is 0.963 bits per heavy atom. The van der Waals surface area contributed by atoms with Crippen molar-refractivity contribution >= 4 is 11.9 Å². The van der Waals surface area contributed by atoms with Gasteiger partial charge in [0.25, 0.3) is 0 Å². The van der Waals surface area contributed by atoms with Crippen LogP contribution in [0.4, 0.5) is 0 Å². The fraction of sp³-hybridized carbons (Fsp3) is 0.905. The van der Waals surface area contributed by atoms with Gasteiger partial charge in [0.15, 0.2) is 5.92 Å². The largest absolute Gasteiger partial charge is 0.481 e. The Hall–Kier alpha value is -1.14. The molecule has 6 heteroatoms. The van der Waals surface area contributed by atoms with Crippen LogP contribution in [-0.2, 0) is 14.3 Å². The Bertz CT molecular complexity index is 575. The molecule has 2 aliphatic heterocycles. The van der Waals surface area contributed by atoms with Crippen LogP contribution in [0.5, 0.6) is 0 Å². The topological polar surface area (TPSA) is 70.1 Å². The maximum absolute atomic E-state index is 13.0. The molecule has 0 saturated carbocycles. The van der Waals surface area contributed by atoms with E-state index < -0.39 is 17.9 Å². The van der Waals surface area contributed by atoms with Gasteiger partial charge in [-0.25, -0.2) is 0 Å².